The molecular weight excluding hydrogens is 220 g/mol. The molecule has 1 unspecified atom stereocenters. The van der Waals surface area contributed by atoms with Crippen LogP contribution in [0.1, 0.15) is 5.56 Å². The molecule has 0 saturated carbocycles. The highest BCUT2D eigenvalue weighted by Crippen LogP contribution is 2.25. The second-order valence-electron chi connectivity index (χ2n) is 3.51. The molecule has 1 aliphatic carbocycles. The molecule has 0 heterocycles. The van der Waals surface area contributed by atoms with Crippen molar-refractivity contribution in [3.63, 3.8) is 0 Å². The number of benzene rings is 1. The van der Waals surface area contributed by atoms with Crippen LogP contribution in [0.25, 0.3) is 5.57 Å². The lowest BCUT2D eigenvalue weighted by Crippen LogP contribution is -2.22. The molecule has 16 heavy (non-hydrogen) atoms. The average molecular weight is 230 g/mol. The molecule has 1 atom stereocenters. The van der Waals surface area contributed by atoms with E-state index in [-0.39, 0.29) is 0 Å². The first-order valence-corrected chi connectivity index (χ1v) is 5.32. The molecule has 0 aromatic heterocycles. The van der Waals surface area contributed by atoms with Gasteiger partial charge in [-0.25, -0.2) is 0 Å². The van der Waals surface area contributed by atoms with Crippen molar-refractivity contribution in [3.05, 3.63) is 54.1 Å². The van der Waals surface area contributed by atoms with Gasteiger partial charge in [0.15, 0.2) is 0 Å². The average Bonchev–Trinajstić information content (AvgIpc) is 2.30. The Morgan fingerprint density at radius 1 is 1.25 bits per heavy atom. The van der Waals surface area contributed by atoms with E-state index in [0.717, 1.165) is 11.1 Å². The molecule has 80 valence electrons. The fraction of sp³-hybridized carbons (Fsp3) is 0.0769. The predicted octanol–water partition coefficient (Wildman–Crippen LogP) is 2.71. The van der Waals surface area contributed by atoms with E-state index in [1.165, 1.54) is 0 Å². The maximum atomic E-state index is 11.0. The largest absolute Gasteiger partial charge is 0.481 e. The second kappa shape index (κ2) is 4.41. The first kappa shape index (κ1) is 10.8. The van der Waals surface area contributed by atoms with E-state index in [0.29, 0.717) is 4.86 Å². The minimum atomic E-state index is -0.900. The topological polar surface area (TPSA) is 37.3 Å². The van der Waals surface area contributed by atoms with E-state index < -0.39 is 11.9 Å². The maximum absolute atomic E-state index is 11.0. The van der Waals surface area contributed by atoms with Crippen molar-refractivity contribution in [2.24, 2.45) is 5.92 Å². The molecular formula is C13H10O2S. The van der Waals surface area contributed by atoms with E-state index in [9.17, 15) is 4.79 Å². The summed E-state index contributed by atoms with van der Waals surface area (Å²) in [5.74, 6) is -1.59. The minimum absolute atomic E-state index is 0.473. The molecule has 1 aromatic rings. The Morgan fingerprint density at radius 2 is 1.94 bits per heavy atom. The van der Waals surface area contributed by atoms with Crippen LogP contribution >= 0.6 is 12.2 Å². The van der Waals surface area contributed by atoms with E-state index in [4.69, 9.17) is 17.3 Å². The van der Waals surface area contributed by atoms with Crippen LogP contribution in [-0.4, -0.2) is 15.9 Å². The molecule has 2 nitrogen and oxygen atoms in total. The number of allylic oxidation sites excluding steroid dienone is 3. The summed E-state index contributed by atoms with van der Waals surface area (Å²) in [6.07, 6.45) is 5.21. The number of hydrogen-bond acceptors (Lipinski definition) is 2. The van der Waals surface area contributed by atoms with Crippen molar-refractivity contribution in [2.45, 2.75) is 0 Å². The number of aliphatic carboxylic acids is 1. The number of carbonyl (C=O) groups is 1. The standard InChI is InChI=1S/C13H10O2S/c14-13(15)11-8-4-7-10(12(11)16)9-5-2-1-3-6-9/h1-8,11H,(H,14,15). The van der Waals surface area contributed by atoms with Crippen molar-refractivity contribution in [1.29, 1.82) is 0 Å². The van der Waals surface area contributed by atoms with Gasteiger partial charge >= 0.3 is 5.97 Å². The van der Waals surface area contributed by atoms with Crippen LogP contribution in [0.4, 0.5) is 0 Å². The van der Waals surface area contributed by atoms with Gasteiger partial charge in [-0.3, -0.25) is 4.79 Å². The first-order valence-electron chi connectivity index (χ1n) is 4.91. The monoisotopic (exact) mass is 230 g/mol. The molecule has 1 N–H and O–H groups in total. The highest BCUT2D eigenvalue weighted by atomic mass is 32.1. The Bertz CT molecular complexity index is 486. The molecule has 0 radical (unpaired) electrons. The summed E-state index contributed by atoms with van der Waals surface area (Å²) in [6, 6.07) is 9.59. The summed E-state index contributed by atoms with van der Waals surface area (Å²) in [5.41, 5.74) is 1.79. The van der Waals surface area contributed by atoms with Gasteiger partial charge in [0.05, 0.1) is 0 Å². The lowest BCUT2D eigenvalue weighted by molar-refractivity contribution is -0.137. The van der Waals surface area contributed by atoms with Gasteiger partial charge in [0, 0.05) is 4.86 Å². The molecule has 1 aliphatic rings. The third-order valence-electron chi connectivity index (χ3n) is 2.47. The third-order valence-corrected chi connectivity index (χ3v) is 2.94. The molecule has 2 rings (SSSR count). The van der Waals surface area contributed by atoms with E-state index in [1.54, 1.807) is 12.2 Å². The highest BCUT2D eigenvalue weighted by molar-refractivity contribution is 7.81. The van der Waals surface area contributed by atoms with Crippen LogP contribution in [0.15, 0.2) is 48.6 Å². The van der Waals surface area contributed by atoms with Gasteiger partial charge in [-0.1, -0.05) is 60.8 Å². The normalized spacial score (nSPS) is 19.4. The molecule has 0 saturated heterocycles. The zero-order valence-corrected chi connectivity index (χ0v) is 9.28. The number of rotatable bonds is 2. The second-order valence-corrected chi connectivity index (χ2v) is 3.95. The van der Waals surface area contributed by atoms with Crippen LogP contribution in [0.2, 0.25) is 0 Å². The lowest BCUT2D eigenvalue weighted by Gasteiger charge is -2.16. The summed E-state index contributed by atoms with van der Waals surface area (Å²) < 4.78 is 0. The quantitative estimate of drug-likeness (QED) is 0.794. The Hall–Kier alpha value is -1.74. The molecule has 0 spiro atoms. The van der Waals surface area contributed by atoms with Gasteiger partial charge in [0.1, 0.15) is 5.92 Å². The molecule has 0 fully saturated rings. The Balaban J connectivity index is 2.37. The van der Waals surface area contributed by atoms with Gasteiger partial charge in [-0.2, -0.15) is 0 Å². The van der Waals surface area contributed by atoms with Crippen LogP contribution < -0.4 is 0 Å². The third kappa shape index (κ3) is 1.95. The van der Waals surface area contributed by atoms with Gasteiger partial charge in [-0.15, -0.1) is 0 Å². The fourth-order valence-electron chi connectivity index (χ4n) is 1.65. The SMILES string of the molecule is O=C(O)C1C=CC=C(c2ccccc2)C1=S. The highest BCUT2D eigenvalue weighted by Gasteiger charge is 2.24. The molecule has 3 heteroatoms. The van der Waals surface area contributed by atoms with Crippen molar-refractivity contribution in [1.82, 2.24) is 0 Å². The van der Waals surface area contributed by atoms with Crippen LogP contribution in [-0.2, 0) is 4.79 Å². The maximum Gasteiger partial charge on any atom is 0.315 e. The minimum Gasteiger partial charge on any atom is -0.481 e. The van der Waals surface area contributed by atoms with Crippen molar-refractivity contribution in [2.75, 3.05) is 0 Å². The smallest absolute Gasteiger partial charge is 0.315 e. The van der Waals surface area contributed by atoms with Crippen molar-refractivity contribution in [3.8, 4) is 0 Å². The van der Waals surface area contributed by atoms with Gasteiger partial charge in [-0.05, 0) is 11.1 Å². The zero-order valence-electron chi connectivity index (χ0n) is 8.46. The lowest BCUT2D eigenvalue weighted by atomic mass is 9.90. The fourth-order valence-corrected chi connectivity index (χ4v) is 2.02. The van der Waals surface area contributed by atoms with Crippen LogP contribution in [0, 0.1) is 5.92 Å². The molecule has 0 amide bonds. The summed E-state index contributed by atoms with van der Waals surface area (Å²) in [4.78, 5) is 11.4. The molecule has 1 aromatic carbocycles. The zero-order chi connectivity index (χ0) is 11.5. The van der Waals surface area contributed by atoms with E-state index >= 15 is 0 Å². The summed E-state index contributed by atoms with van der Waals surface area (Å²) in [6.45, 7) is 0. The van der Waals surface area contributed by atoms with Gasteiger partial charge in [0.2, 0.25) is 0 Å². The summed E-state index contributed by atoms with van der Waals surface area (Å²) in [7, 11) is 0. The Labute approximate surface area is 98.9 Å². The van der Waals surface area contributed by atoms with E-state index in [1.807, 2.05) is 36.4 Å². The Morgan fingerprint density at radius 3 is 2.56 bits per heavy atom. The first-order chi connectivity index (χ1) is 7.70. The summed E-state index contributed by atoms with van der Waals surface area (Å²) in [5, 5.41) is 9.01. The van der Waals surface area contributed by atoms with Crippen molar-refractivity contribution < 1.29 is 9.90 Å². The predicted molar refractivity (Wildman–Crippen MR) is 67.3 cm³/mol. The number of carboxylic acids is 1. The van der Waals surface area contributed by atoms with Crippen LogP contribution in [0.3, 0.4) is 0 Å². The van der Waals surface area contributed by atoms with Gasteiger partial charge in [0.25, 0.3) is 0 Å². The van der Waals surface area contributed by atoms with Crippen molar-refractivity contribution >= 4 is 28.6 Å². The Kier molecular flexibility index (Phi) is 2.97. The number of hydrogen-bond donors (Lipinski definition) is 1. The molecule has 0 bridgehead atoms. The number of thiocarbonyl (C=S) groups is 1. The van der Waals surface area contributed by atoms with Crippen LogP contribution in [0.5, 0.6) is 0 Å². The van der Waals surface area contributed by atoms with Gasteiger partial charge < -0.3 is 5.11 Å². The molecule has 0 aliphatic heterocycles. The number of carboxylic acid groups (broad SMARTS) is 1. The summed E-state index contributed by atoms with van der Waals surface area (Å²) >= 11 is 5.21. The van der Waals surface area contributed by atoms with E-state index in [2.05, 4.69) is 0 Å².